The number of carbonyl (C=O) groups excluding carboxylic acids is 1. The van der Waals surface area contributed by atoms with Gasteiger partial charge in [-0.1, -0.05) is 18.3 Å². The molecule has 1 aromatic heterocycles. The van der Waals surface area contributed by atoms with Gasteiger partial charge in [0.2, 0.25) is 0 Å². The number of thiocarbonyl (C=S) groups is 1. The van der Waals surface area contributed by atoms with Gasteiger partial charge in [-0.2, -0.15) is 0 Å². The Labute approximate surface area is 148 Å². The zero-order valence-electron chi connectivity index (χ0n) is 13.0. The van der Waals surface area contributed by atoms with E-state index >= 15 is 0 Å². The van der Waals surface area contributed by atoms with Crippen LogP contribution in [0.25, 0.3) is 0 Å². The summed E-state index contributed by atoms with van der Waals surface area (Å²) in [5.41, 5.74) is 1.07. The number of thioether (sulfide) groups is 1. The number of piperidine rings is 1. The van der Waals surface area contributed by atoms with Crippen LogP contribution in [0.3, 0.4) is 0 Å². The van der Waals surface area contributed by atoms with Crippen LogP contribution in [0.4, 0.5) is 0 Å². The Bertz CT molecular complexity index is 746. The van der Waals surface area contributed by atoms with Crippen molar-refractivity contribution in [3.63, 3.8) is 0 Å². The monoisotopic (exact) mass is 366 g/mol. The van der Waals surface area contributed by atoms with Gasteiger partial charge in [0.25, 0.3) is 5.56 Å². The molecule has 1 N–H and O–H groups in total. The van der Waals surface area contributed by atoms with Crippen molar-refractivity contribution in [1.29, 1.82) is 0 Å². The van der Waals surface area contributed by atoms with Gasteiger partial charge in [-0.3, -0.25) is 14.4 Å². The second-order valence-corrected chi connectivity index (χ2v) is 7.93. The Kier molecular flexibility index (Phi) is 5.05. The maximum Gasteiger partial charge on any atom is 0.303 e. The van der Waals surface area contributed by atoms with Gasteiger partial charge < -0.3 is 14.6 Å². The maximum atomic E-state index is 12.0. The summed E-state index contributed by atoms with van der Waals surface area (Å²) in [6.45, 7) is 2.11. The van der Waals surface area contributed by atoms with Gasteiger partial charge in [-0.25, -0.2) is 0 Å². The Morgan fingerprint density at radius 2 is 2.04 bits per heavy atom. The first-order valence-corrected chi connectivity index (χ1v) is 9.07. The number of carboxylic acid groups (broad SMARTS) is 1. The van der Waals surface area contributed by atoms with E-state index in [1.807, 2.05) is 15.5 Å². The Balaban J connectivity index is 1.66. The smallest absolute Gasteiger partial charge is 0.303 e. The zero-order valence-corrected chi connectivity index (χ0v) is 14.6. The number of hydrogen-bond acceptors (Lipinski definition) is 5. The summed E-state index contributed by atoms with van der Waals surface area (Å²) < 4.78 is 2.36. The Hall–Kier alpha value is -1.67. The molecule has 0 saturated carbocycles. The molecule has 2 aliphatic heterocycles. The second-order valence-electron chi connectivity index (χ2n) is 6.24. The van der Waals surface area contributed by atoms with Crippen molar-refractivity contribution in [2.45, 2.75) is 31.7 Å². The molecule has 0 amide bonds. The molecule has 2 bridgehead atoms. The molecule has 0 aromatic carbocycles. The Morgan fingerprint density at radius 1 is 1.25 bits per heavy atom. The van der Waals surface area contributed by atoms with Gasteiger partial charge in [-0.15, -0.1) is 0 Å². The molecule has 24 heavy (non-hydrogen) atoms. The number of likely N-dealkylation sites (tertiary alicyclic amines) is 1. The largest absolute Gasteiger partial charge is 0.481 e. The summed E-state index contributed by atoms with van der Waals surface area (Å²) in [4.78, 5) is 36.4. The lowest BCUT2D eigenvalue weighted by Gasteiger charge is -2.43. The fourth-order valence-corrected chi connectivity index (χ4v) is 4.57. The molecule has 3 heterocycles. The van der Waals surface area contributed by atoms with Crippen LogP contribution in [0.1, 0.15) is 30.9 Å². The normalized spacial score (nSPS) is 21.9. The van der Waals surface area contributed by atoms with Crippen LogP contribution in [0, 0.1) is 5.92 Å². The number of aliphatic carboxylic acids is 1. The van der Waals surface area contributed by atoms with Crippen molar-refractivity contribution in [1.82, 2.24) is 9.47 Å². The second kappa shape index (κ2) is 7.06. The third-order valence-corrected chi connectivity index (χ3v) is 5.85. The average Bonchev–Trinajstić information content (AvgIpc) is 2.54. The minimum Gasteiger partial charge on any atom is -0.481 e. The summed E-state index contributed by atoms with van der Waals surface area (Å²) in [5, 5.41) is 8.42. The first-order chi connectivity index (χ1) is 11.4. The van der Waals surface area contributed by atoms with Crippen LogP contribution in [-0.4, -0.2) is 43.1 Å². The molecule has 6 nitrogen and oxygen atoms in total. The summed E-state index contributed by atoms with van der Waals surface area (Å²) in [6, 6.07) is 5.36. The van der Waals surface area contributed by atoms with E-state index in [1.54, 1.807) is 12.1 Å². The van der Waals surface area contributed by atoms with Crippen LogP contribution >= 0.6 is 24.0 Å². The van der Waals surface area contributed by atoms with Crippen LogP contribution in [0.15, 0.2) is 23.0 Å². The number of rotatable bonds is 3. The van der Waals surface area contributed by atoms with E-state index in [2.05, 4.69) is 0 Å². The van der Waals surface area contributed by atoms with Crippen LogP contribution < -0.4 is 5.56 Å². The predicted molar refractivity (Wildman–Crippen MR) is 95.2 cm³/mol. The standard InChI is InChI=1S/C16H18N2O4S2/c19-13-3-1-2-12-11-6-10(8-18(12)13)7-17(9-11)16(23)24-15(22)5-4-14(20)21/h1-3,10-11H,4-9H2,(H,20,21)/t10-,11+/m0/s1. The van der Waals surface area contributed by atoms with E-state index < -0.39 is 5.97 Å². The third-order valence-electron chi connectivity index (χ3n) is 4.48. The molecule has 2 aliphatic rings. The van der Waals surface area contributed by atoms with E-state index in [0.717, 1.165) is 30.4 Å². The minimum atomic E-state index is -0.982. The molecule has 8 heteroatoms. The summed E-state index contributed by atoms with van der Waals surface area (Å²) in [7, 11) is 0. The Morgan fingerprint density at radius 3 is 2.79 bits per heavy atom. The van der Waals surface area contributed by atoms with Crippen molar-refractivity contribution in [3.05, 3.63) is 34.2 Å². The van der Waals surface area contributed by atoms with Crippen molar-refractivity contribution < 1.29 is 14.7 Å². The van der Waals surface area contributed by atoms with Crippen molar-refractivity contribution in [2.24, 2.45) is 5.92 Å². The predicted octanol–water partition coefficient (Wildman–Crippen LogP) is 1.68. The number of carboxylic acids is 1. The molecule has 3 rings (SSSR count). The molecule has 0 radical (unpaired) electrons. The first kappa shape index (κ1) is 17.2. The highest BCUT2D eigenvalue weighted by atomic mass is 32.2. The number of nitrogens with zero attached hydrogens (tertiary/aromatic N) is 2. The van der Waals surface area contributed by atoms with Gasteiger partial charge in [0, 0.05) is 43.7 Å². The summed E-state index contributed by atoms with van der Waals surface area (Å²) in [5.74, 6) is -0.410. The van der Waals surface area contributed by atoms with Gasteiger partial charge >= 0.3 is 5.97 Å². The maximum absolute atomic E-state index is 12.0. The third kappa shape index (κ3) is 3.70. The topological polar surface area (TPSA) is 79.6 Å². The van der Waals surface area contributed by atoms with Gasteiger partial charge in [-0.05, 0) is 30.2 Å². The SMILES string of the molecule is O=C(O)CCC(=O)SC(=S)N1C[C@@H]2C[C@H](C1)c1cccc(=O)n1C2. The van der Waals surface area contributed by atoms with E-state index in [0.29, 0.717) is 23.3 Å². The molecular formula is C16H18N2O4S2. The van der Waals surface area contributed by atoms with E-state index in [1.165, 1.54) is 0 Å². The van der Waals surface area contributed by atoms with Gasteiger partial charge in [0.1, 0.15) is 4.32 Å². The number of carbonyl (C=O) groups is 2. The molecule has 2 atom stereocenters. The van der Waals surface area contributed by atoms with Crippen molar-refractivity contribution in [3.8, 4) is 0 Å². The van der Waals surface area contributed by atoms with Gasteiger partial charge in [0.05, 0.1) is 6.42 Å². The lowest BCUT2D eigenvalue weighted by molar-refractivity contribution is -0.137. The van der Waals surface area contributed by atoms with E-state index in [9.17, 15) is 14.4 Å². The van der Waals surface area contributed by atoms with Crippen molar-refractivity contribution in [2.75, 3.05) is 13.1 Å². The lowest BCUT2D eigenvalue weighted by Crippen LogP contribution is -2.48. The number of aromatic nitrogens is 1. The van der Waals surface area contributed by atoms with E-state index in [4.69, 9.17) is 17.3 Å². The zero-order chi connectivity index (χ0) is 17.3. The van der Waals surface area contributed by atoms with Crippen LogP contribution in [-0.2, 0) is 16.1 Å². The number of pyridine rings is 1. The first-order valence-electron chi connectivity index (χ1n) is 7.85. The highest BCUT2D eigenvalue weighted by molar-refractivity contribution is 8.32. The molecule has 0 unspecified atom stereocenters. The quantitative estimate of drug-likeness (QED) is 0.815. The molecule has 1 saturated heterocycles. The number of fused-ring (bicyclic) bond motifs is 4. The molecule has 0 aliphatic carbocycles. The minimum absolute atomic E-state index is 0.0148. The molecule has 128 valence electrons. The molecule has 1 aromatic rings. The van der Waals surface area contributed by atoms with Crippen molar-refractivity contribution >= 4 is 39.4 Å². The number of hydrogen-bond donors (Lipinski definition) is 1. The summed E-state index contributed by atoms with van der Waals surface area (Å²) in [6.07, 6.45) is 0.843. The fraction of sp³-hybridized carbons (Fsp3) is 0.500. The van der Waals surface area contributed by atoms with Crippen LogP contribution in [0.5, 0.6) is 0 Å². The molecule has 0 spiro atoms. The molecule has 1 fully saturated rings. The fourth-order valence-electron chi connectivity index (χ4n) is 3.47. The summed E-state index contributed by atoms with van der Waals surface area (Å²) >= 11 is 6.34. The average molecular weight is 366 g/mol. The van der Waals surface area contributed by atoms with E-state index in [-0.39, 0.29) is 29.4 Å². The molecular weight excluding hydrogens is 348 g/mol. The van der Waals surface area contributed by atoms with Crippen LogP contribution in [0.2, 0.25) is 0 Å². The highest BCUT2D eigenvalue weighted by Crippen LogP contribution is 2.36. The van der Waals surface area contributed by atoms with Gasteiger partial charge in [0.15, 0.2) is 5.12 Å². The lowest BCUT2D eigenvalue weighted by atomic mass is 9.83. The highest BCUT2D eigenvalue weighted by Gasteiger charge is 2.35.